The number of pyridine rings is 1. The highest BCUT2D eigenvalue weighted by molar-refractivity contribution is 5.94. The fourth-order valence-electron chi connectivity index (χ4n) is 2.83. The second-order valence-electron chi connectivity index (χ2n) is 6.20. The van der Waals surface area contributed by atoms with Crippen LogP contribution in [0.25, 0.3) is 0 Å². The molecule has 2 rings (SSSR count). The van der Waals surface area contributed by atoms with Crippen molar-refractivity contribution in [2.45, 2.75) is 45.4 Å². The maximum absolute atomic E-state index is 12.4. The van der Waals surface area contributed by atoms with Crippen LogP contribution in [0.15, 0.2) is 42.7 Å². The third-order valence-electron chi connectivity index (χ3n) is 4.29. The number of benzene rings is 1. The van der Waals surface area contributed by atoms with Crippen LogP contribution in [0.2, 0.25) is 0 Å². The molecule has 0 fully saturated rings. The van der Waals surface area contributed by atoms with E-state index in [9.17, 15) is 4.79 Å². The van der Waals surface area contributed by atoms with Gasteiger partial charge in [0.1, 0.15) is 5.75 Å². The van der Waals surface area contributed by atoms with Crippen molar-refractivity contribution in [1.82, 2.24) is 10.3 Å². The van der Waals surface area contributed by atoms with E-state index in [1.807, 2.05) is 30.3 Å². The van der Waals surface area contributed by atoms with Crippen molar-refractivity contribution in [3.8, 4) is 5.75 Å². The van der Waals surface area contributed by atoms with Gasteiger partial charge in [-0.25, -0.2) is 0 Å². The number of unbranched alkanes of at least 4 members (excludes halogenated alkanes) is 3. The van der Waals surface area contributed by atoms with Crippen molar-refractivity contribution in [3.63, 3.8) is 0 Å². The van der Waals surface area contributed by atoms with Crippen LogP contribution in [0.4, 0.5) is 0 Å². The minimum Gasteiger partial charge on any atom is -0.496 e. The zero-order valence-electron chi connectivity index (χ0n) is 15.3. The Morgan fingerprint density at radius 3 is 2.60 bits per heavy atom. The van der Waals surface area contributed by atoms with Gasteiger partial charge in [-0.1, -0.05) is 26.2 Å². The Kier molecular flexibility index (Phi) is 7.96. The van der Waals surface area contributed by atoms with Gasteiger partial charge in [0.25, 0.3) is 5.91 Å². The van der Waals surface area contributed by atoms with Crippen LogP contribution in [0.5, 0.6) is 5.75 Å². The van der Waals surface area contributed by atoms with E-state index in [4.69, 9.17) is 4.74 Å². The van der Waals surface area contributed by atoms with Crippen molar-refractivity contribution in [2.24, 2.45) is 0 Å². The molecule has 1 heterocycles. The highest BCUT2D eigenvalue weighted by Crippen LogP contribution is 2.22. The summed E-state index contributed by atoms with van der Waals surface area (Å²) in [5, 5.41) is 2.99. The van der Waals surface area contributed by atoms with E-state index in [0.29, 0.717) is 12.1 Å². The summed E-state index contributed by atoms with van der Waals surface area (Å²) in [6.07, 6.45) is 10.1. The predicted molar refractivity (Wildman–Crippen MR) is 101 cm³/mol. The summed E-state index contributed by atoms with van der Waals surface area (Å²) in [7, 11) is 1.68. The highest BCUT2D eigenvalue weighted by atomic mass is 16.5. The first-order chi connectivity index (χ1) is 12.2. The minimum absolute atomic E-state index is 0.0356. The van der Waals surface area contributed by atoms with E-state index < -0.39 is 0 Å². The van der Waals surface area contributed by atoms with Gasteiger partial charge in [-0.15, -0.1) is 0 Å². The Morgan fingerprint density at radius 2 is 1.88 bits per heavy atom. The van der Waals surface area contributed by atoms with E-state index >= 15 is 0 Å². The fourth-order valence-corrected chi connectivity index (χ4v) is 2.83. The lowest BCUT2D eigenvalue weighted by molar-refractivity contribution is 0.0954. The summed E-state index contributed by atoms with van der Waals surface area (Å²) < 4.78 is 5.44. The highest BCUT2D eigenvalue weighted by Gasteiger charge is 2.10. The molecular weight excluding hydrogens is 312 g/mol. The van der Waals surface area contributed by atoms with E-state index in [2.05, 4.69) is 17.2 Å². The molecule has 0 spiro atoms. The molecule has 0 saturated carbocycles. The van der Waals surface area contributed by atoms with Crippen LogP contribution in [0.1, 0.15) is 54.1 Å². The third-order valence-corrected chi connectivity index (χ3v) is 4.29. The summed E-state index contributed by atoms with van der Waals surface area (Å²) >= 11 is 0. The molecular formula is C21H28N2O2. The molecule has 1 aromatic carbocycles. The number of rotatable bonds is 10. The number of carbonyl (C=O) groups excluding carboxylic acids is 1. The molecule has 0 saturated heterocycles. The molecule has 2 aromatic rings. The van der Waals surface area contributed by atoms with Gasteiger partial charge < -0.3 is 10.1 Å². The Balaban J connectivity index is 1.91. The first-order valence-electron chi connectivity index (χ1n) is 9.08. The number of carbonyl (C=O) groups is 1. The average molecular weight is 340 g/mol. The summed E-state index contributed by atoms with van der Waals surface area (Å²) in [5.41, 5.74) is 2.98. The lowest BCUT2D eigenvalue weighted by Crippen LogP contribution is -2.25. The molecule has 0 aliphatic carbocycles. The predicted octanol–water partition coefficient (Wildman–Crippen LogP) is 4.19. The molecule has 4 heteroatoms. The van der Waals surface area contributed by atoms with Gasteiger partial charge in [0.15, 0.2) is 0 Å². The number of amides is 1. The van der Waals surface area contributed by atoms with Gasteiger partial charge in [-0.2, -0.15) is 0 Å². The van der Waals surface area contributed by atoms with Crippen molar-refractivity contribution in [2.75, 3.05) is 13.7 Å². The lowest BCUT2D eigenvalue weighted by Gasteiger charge is -2.11. The Labute approximate surface area is 150 Å². The van der Waals surface area contributed by atoms with Crippen LogP contribution in [0.3, 0.4) is 0 Å². The monoisotopic (exact) mass is 340 g/mol. The molecule has 0 aliphatic heterocycles. The number of nitrogens with one attached hydrogen (secondary N) is 1. The van der Waals surface area contributed by atoms with E-state index in [1.54, 1.807) is 19.5 Å². The summed E-state index contributed by atoms with van der Waals surface area (Å²) in [4.78, 5) is 16.4. The molecule has 1 N–H and O–H groups in total. The molecule has 4 nitrogen and oxygen atoms in total. The summed E-state index contributed by atoms with van der Waals surface area (Å²) in [5.74, 6) is 0.830. The number of methoxy groups -OCH3 is 1. The van der Waals surface area contributed by atoms with E-state index in [0.717, 1.165) is 30.6 Å². The first-order valence-corrected chi connectivity index (χ1v) is 9.08. The molecule has 0 bridgehead atoms. The molecule has 0 radical (unpaired) electrons. The Hall–Kier alpha value is -2.36. The van der Waals surface area contributed by atoms with Gasteiger partial charge in [-0.3, -0.25) is 9.78 Å². The zero-order chi connectivity index (χ0) is 17.9. The van der Waals surface area contributed by atoms with Crippen molar-refractivity contribution in [3.05, 3.63) is 59.4 Å². The van der Waals surface area contributed by atoms with Crippen molar-refractivity contribution >= 4 is 5.91 Å². The largest absolute Gasteiger partial charge is 0.496 e. The Bertz CT molecular complexity index is 656. The fraction of sp³-hybridized carbons (Fsp3) is 0.429. The second kappa shape index (κ2) is 10.5. The van der Waals surface area contributed by atoms with Crippen LogP contribution < -0.4 is 10.1 Å². The molecule has 1 aromatic heterocycles. The van der Waals surface area contributed by atoms with Crippen molar-refractivity contribution < 1.29 is 9.53 Å². The number of aryl methyl sites for hydroxylation is 1. The summed E-state index contributed by atoms with van der Waals surface area (Å²) in [6.45, 7) is 2.82. The maximum atomic E-state index is 12.4. The van der Waals surface area contributed by atoms with Gasteiger partial charge in [-0.05, 0) is 60.7 Å². The van der Waals surface area contributed by atoms with E-state index in [-0.39, 0.29) is 5.91 Å². The average Bonchev–Trinajstić information content (AvgIpc) is 2.66. The number of hydrogen-bond donors (Lipinski definition) is 1. The summed E-state index contributed by atoms with van der Waals surface area (Å²) in [6, 6.07) is 9.62. The topological polar surface area (TPSA) is 51.2 Å². The molecule has 0 aliphatic rings. The smallest absolute Gasteiger partial charge is 0.251 e. The molecule has 0 unspecified atom stereocenters. The normalized spacial score (nSPS) is 10.5. The van der Waals surface area contributed by atoms with Gasteiger partial charge >= 0.3 is 0 Å². The van der Waals surface area contributed by atoms with Crippen LogP contribution in [-0.2, 0) is 12.8 Å². The number of nitrogens with zero attached hydrogens (tertiary/aromatic N) is 1. The van der Waals surface area contributed by atoms with Gasteiger partial charge in [0.2, 0.25) is 0 Å². The van der Waals surface area contributed by atoms with Gasteiger partial charge in [0, 0.05) is 24.5 Å². The van der Waals surface area contributed by atoms with E-state index in [1.165, 1.54) is 24.8 Å². The van der Waals surface area contributed by atoms with Crippen LogP contribution in [-0.4, -0.2) is 24.5 Å². The Morgan fingerprint density at radius 1 is 1.08 bits per heavy atom. The standard InChI is InChI=1S/C21H28N2O2/c1-3-4-5-6-7-18-16-19(8-9-20(18)25-2)21(24)23-15-12-17-10-13-22-14-11-17/h8-11,13-14,16H,3-7,12,15H2,1-2H3,(H,23,24). The van der Waals surface area contributed by atoms with Gasteiger partial charge in [0.05, 0.1) is 7.11 Å². The van der Waals surface area contributed by atoms with Crippen molar-refractivity contribution in [1.29, 1.82) is 0 Å². The molecule has 25 heavy (non-hydrogen) atoms. The number of ether oxygens (including phenoxy) is 1. The molecule has 134 valence electrons. The maximum Gasteiger partial charge on any atom is 0.251 e. The number of hydrogen-bond acceptors (Lipinski definition) is 3. The number of aromatic nitrogens is 1. The zero-order valence-corrected chi connectivity index (χ0v) is 15.3. The minimum atomic E-state index is -0.0356. The molecule has 0 atom stereocenters. The quantitative estimate of drug-likeness (QED) is 0.660. The molecule has 1 amide bonds. The van der Waals surface area contributed by atoms with Crippen LogP contribution >= 0.6 is 0 Å². The third kappa shape index (κ3) is 6.22. The second-order valence-corrected chi connectivity index (χ2v) is 6.20. The first kappa shape index (κ1) is 19.0. The van der Waals surface area contributed by atoms with Crippen LogP contribution in [0, 0.1) is 0 Å². The lowest BCUT2D eigenvalue weighted by atomic mass is 10.0. The SMILES string of the molecule is CCCCCCc1cc(C(=O)NCCc2ccncc2)ccc1OC.